The van der Waals surface area contributed by atoms with E-state index in [2.05, 4.69) is 17.3 Å². The topological polar surface area (TPSA) is 52.6 Å². The summed E-state index contributed by atoms with van der Waals surface area (Å²) in [5.74, 6) is 1.06. The molecule has 1 aliphatic carbocycles. The van der Waals surface area contributed by atoms with E-state index >= 15 is 0 Å². The van der Waals surface area contributed by atoms with Crippen LogP contribution >= 0.6 is 0 Å². The molecule has 0 aromatic rings. The van der Waals surface area contributed by atoms with Crippen molar-refractivity contribution in [2.24, 2.45) is 11.8 Å². The highest BCUT2D eigenvalue weighted by atomic mass is 16.2. The van der Waals surface area contributed by atoms with Gasteiger partial charge in [0.25, 0.3) is 0 Å². The summed E-state index contributed by atoms with van der Waals surface area (Å²) >= 11 is 0. The van der Waals surface area contributed by atoms with E-state index in [1.807, 2.05) is 11.8 Å². The summed E-state index contributed by atoms with van der Waals surface area (Å²) in [6, 6.07) is 0. The Balaban J connectivity index is 1.72. The third-order valence-corrected chi connectivity index (χ3v) is 5.10. The van der Waals surface area contributed by atoms with Crippen LogP contribution in [0.5, 0.6) is 0 Å². The van der Waals surface area contributed by atoms with Gasteiger partial charge in [-0.05, 0) is 51.6 Å². The fourth-order valence-corrected chi connectivity index (χ4v) is 3.67. The van der Waals surface area contributed by atoms with Crippen LogP contribution in [0.1, 0.15) is 32.6 Å². The molecule has 1 N–H and O–H groups in total. The van der Waals surface area contributed by atoms with Crippen molar-refractivity contribution in [1.82, 2.24) is 15.1 Å². The quantitative estimate of drug-likeness (QED) is 0.816. The van der Waals surface area contributed by atoms with Gasteiger partial charge in [0.1, 0.15) is 5.54 Å². The molecule has 0 aromatic heterocycles. The van der Waals surface area contributed by atoms with Crippen molar-refractivity contribution in [2.75, 3.05) is 33.2 Å². The Labute approximate surface area is 120 Å². The lowest BCUT2D eigenvalue weighted by molar-refractivity contribution is -0.139. The molecule has 112 valence electrons. The monoisotopic (exact) mass is 279 g/mol. The summed E-state index contributed by atoms with van der Waals surface area (Å²) in [6.07, 6.45) is 3.71. The van der Waals surface area contributed by atoms with Crippen molar-refractivity contribution in [3.63, 3.8) is 0 Å². The zero-order chi connectivity index (χ0) is 14.3. The molecule has 3 fully saturated rings. The van der Waals surface area contributed by atoms with Crippen LogP contribution in [-0.4, -0.2) is 60.4 Å². The van der Waals surface area contributed by atoms with E-state index < -0.39 is 5.54 Å². The van der Waals surface area contributed by atoms with Crippen LogP contribution in [-0.2, 0) is 9.59 Å². The number of carbonyl (C=O) groups excluding carboxylic acids is 2. The highest BCUT2D eigenvalue weighted by molar-refractivity contribution is 5.93. The number of rotatable bonds is 3. The minimum absolute atomic E-state index is 0.0267. The van der Waals surface area contributed by atoms with Gasteiger partial charge in [0, 0.05) is 26.1 Å². The zero-order valence-electron chi connectivity index (χ0n) is 12.5. The van der Waals surface area contributed by atoms with Crippen molar-refractivity contribution in [2.45, 2.75) is 38.1 Å². The Kier molecular flexibility index (Phi) is 3.48. The standard InChI is InChI=1S/C15H25N3O2/c1-15(12-3-4-12)14(20)18(8-6-13(19)16-15)10-11-5-7-17(2)9-11/h11-12H,3-10H2,1-2H3,(H,16,19). The first-order valence-electron chi connectivity index (χ1n) is 7.78. The summed E-state index contributed by atoms with van der Waals surface area (Å²) in [4.78, 5) is 29.0. The molecule has 0 aromatic carbocycles. The Hall–Kier alpha value is -1.10. The number of hydrogen-bond acceptors (Lipinski definition) is 3. The molecule has 1 saturated carbocycles. The molecule has 20 heavy (non-hydrogen) atoms. The summed E-state index contributed by atoms with van der Waals surface area (Å²) < 4.78 is 0. The van der Waals surface area contributed by atoms with Crippen molar-refractivity contribution < 1.29 is 9.59 Å². The van der Waals surface area contributed by atoms with Gasteiger partial charge in [0.15, 0.2) is 0 Å². The molecular formula is C15H25N3O2. The maximum atomic E-state index is 12.9. The van der Waals surface area contributed by atoms with E-state index in [1.54, 1.807) is 0 Å². The third-order valence-electron chi connectivity index (χ3n) is 5.10. The summed E-state index contributed by atoms with van der Waals surface area (Å²) in [5, 5.41) is 2.99. The van der Waals surface area contributed by atoms with Gasteiger partial charge >= 0.3 is 0 Å². The van der Waals surface area contributed by atoms with Crippen molar-refractivity contribution in [3.05, 3.63) is 0 Å². The van der Waals surface area contributed by atoms with E-state index in [-0.39, 0.29) is 11.8 Å². The van der Waals surface area contributed by atoms with Crippen LogP contribution in [0.25, 0.3) is 0 Å². The van der Waals surface area contributed by atoms with Crippen LogP contribution in [0.4, 0.5) is 0 Å². The fraction of sp³-hybridized carbons (Fsp3) is 0.867. The Bertz CT molecular complexity index is 421. The first-order valence-corrected chi connectivity index (χ1v) is 7.78. The lowest BCUT2D eigenvalue weighted by atomic mass is 9.93. The Morgan fingerprint density at radius 3 is 2.60 bits per heavy atom. The molecule has 2 saturated heterocycles. The first kappa shape index (κ1) is 13.9. The Morgan fingerprint density at radius 1 is 1.25 bits per heavy atom. The molecule has 3 rings (SSSR count). The van der Waals surface area contributed by atoms with E-state index in [0.717, 1.165) is 38.9 Å². The van der Waals surface area contributed by atoms with Gasteiger partial charge in [-0.2, -0.15) is 0 Å². The van der Waals surface area contributed by atoms with E-state index in [9.17, 15) is 9.59 Å². The fourth-order valence-electron chi connectivity index (χ4n) is 3.67. The molecule has 0 bridgehead atoms. The normalized spacial score (nSPS) is 36.1. The van der Waals surface area contributed by atoms with E-state index in [4.69, 9.17) is 0 Å². The number of carbonyl (C=O) groups is 2. The minimum Gasteiger partial charge on any atom is -0.342 e. The number of nitrogens with zero attached hydrogens (tertiary/aromatic N) is 2. The molecular weight excluding hydrogens is 254 g/mol. The molecule has 2 atom stereocenters. The predicted molar refractivity (Wildman–Crippen MR) is 76.1 cm³/mol. The van der Waals surface area contributed by atoms with Crippen LogP contribution < -0.4 is 5.32 Å². The molecule has 5 nitrogen and oxygen atoms in total. The lowest BCUT2D eigenvalue weighted by Gasteiger charge is -2.33. The minimum atomic E-state index is -0.655. The molecule has 2 unspecified atom stereocenters. The molecule has 2 heterocycles. The molecule has 0 spiro atoms. The van der Waals surface area contributed by atoms with E-state index in [1.165, 1.54) is 0 Å². The SMILES string of the molecule is CN1CCC(CN2CCC(=O)NC(C)(C3CC3)C2=O)C1. The molecule has 0 radical (unpaired) electrons. The summed E-state index contributed by atoms with van der Waals surface area (Å²) in [5.41, 5.74) is -0.655. The van der Waals surface area contributed by atoms with Crippen LogP contribution in [0.2, 0.25) is 0 Å². The second kappa shape index (κ2) is 5.02. The predicted octanol–water partition coefficient (Wildman–Crippen LogP) is 0.455. The van der Waals surface area contributed by atoms with Crippen LogP contribution in [0.3, 0.4) is 0 Å². The first-order chi connectivity index (χ1) is 9.49. The van der Waals surface area contributed by atoms with Gasteiger partial charge in [-0.3, -0.25) is 9.59 Å². The van der Waals surface area contributed by atoms with Gasteiger partial charge in [0.05, 0.1) is 0 Å². The summed E-state index contributed by atoms with van der Waals surface area (Å²) in [6.45, 7) is 5.48. The highest BCUT2D eigenvalue weighted by Gasteiger charge is 2.51. The third kappa shape index (κ3) is 2.55. The lowest BCUT2D eigenvalue weighted by Crippen LogP contribution is -2.57. The van der Waals surface area contributed by atoms with Gasteiger partial charge in [-0.25, -0.2) is 0 Å². The molecule has 3 aliphatic rings. The number of amides is 2. The second-order valence-electron chi connectivity index (χ2n) is 6.94. The maximum Gasteiger partial charge on any atom is 0.248 e. The van der Waals surface area contributed by atoms with Gasteiger partial charge in [0.2, 0.25) is 11.8 Å². The molecule has 2 aliphatic heterocycles. The number of nitrogens with one attached hydrogen (secondary N) is 1. The second-order valence-corrected chi connectivity index (χ2v) is 6.94. The summed E-state index contributed by atoms with van der Waals surface area (Å²) in [7, 11) is 2.13. The van der Waals surface area contributed by atoms with Gasteiger partial charge in [-0.15, -0.1) is 0 Å². The van der Waals surface area contributed by atoms with Crippen molar-refractivity contribution in [1.29, 1.82) is 0 Å². The van der Waals surface area contributed by atoms with Gasteiger partial charge in [-0.1, -0.05) is 0 Å². The smallest absolute Gasteiger partial charge is 0.248 e. The van der Waals surface area contributed by atoms with Crippen LogP contribution in [0, 0.1) is 11.8 Å². The molecule has 2 amide bonds. The zero-order valence-corrected chi connectivity index (χ0v) is 12.5. The molecule has 5 heteroatoms. The number of likely N-dealkylation sites (tertiary alicyclic amines) is 1. The van der Waals surface area contributed by atoms with Gasteiger partial charge < -0.3 is 15.1 Å². The van der Waals surface area contributed by atoms with Crippen molar-refractivity contribution >= 4 is 11.8 Å². The van der Waals surface area contributed by atoms with E-state index in [0.29, 0.717) is 24.8 Å². The number of hydrogen-bond donors (Lipinski definition) is 1. The van der Waals surface area contributed by atoms with Crippen molar-refractivity contribution in [3.8, 4) is 0 Å². The maximum absolute atomic E-state index is 12.9. The Morgan fingerprint density at radius 2 is 2.00 bits per heavy atom. The van der Waals surface area contributed by atoms with Crippen LogP contribution in [0.15, 0.2) is 0 Å². The highest BCUT2D eigenvalue weighted by Crippen LogP contribution is 2.41. The average Bonchev–Trinajstić information content (AvgIpc) is 3.18. The average molecular weight is 279 g/mol. The largest absolute Gasteiger partial charge is 0.342 e.